The van der Waals surface area contributed by atoms with Crippen LogP contribution in [0.3, 0.4) is 0 Å². The van der Waals surface area contributed by atoms with Crippen molar-refractivity contribution in [2.45, 2.75) is 25.3 Å². The quantitative estimate of drug-likeness (QED) is 0.833. The van der Waals surface area contributed by atoms with Crippen molar-refractivity contribution in [3.05, 3.63) is 60.2 Å². The Kier molecular flexibility index (Phi) is 3.91. The summed E-state index contributed by atoms with van der Waals surface area (Å²) in [4.78, 5) is 2.53. The molecule has 3 rings (SSSR count). The molecule has 104 valence electrons. The summed E-state index contributed by atoms with van der Waals surface area (Å²) < 4.78 is 5.24. The summed E-state index contributed by atoms with van der Waals surface area (Å²) >= 11 is 0. The van der Waals surface area contributed by atoms with Gasteiger partial charge in [0.15, 0.2) is 0 Å². The largest absolute Gasteiger partial charge is 0.497 e. The molecule has 0 N–H and O–H groups in total. The first-order chi connectivity index (χ1) is 9.86. The molecule has 2 heteroatoms. The summed E-state index contributed by atoms with van der Waals surface area (Å²) in [6, 6.07) is 19.8. The second kappa shape index (κ2) is 6.00. The maximum Gasteiger partial charge on any atom is 0.119 e. The first kappa shape index (κ1) is 13.0. The van der Waals surface area contributed by atoms with E-state index in [-0.39, 0.29) is 0 Å². The molecular formula is C18H21NO. The van der Waals surface area contributed by atoms with Gasteiger partial charge < -0.3 is 9.64 Å². The van der Waals surface area contributed by atoms with Crippen LogP contribution in [0, 0.1) is 0 Å². The second-order valence-corrected chi connectivity index (χ2v) is 5.38. The molecule has 0 saturated carbocycles. The molecule has 1 aliphatic heterocycles. The fourth-order valence-corrected chi connectivity index (χ4v) is 3.05. The second-order valence-electron chi connectivity index (χ2n) is 5.38. The number of hydrogen-bond donors (Lipinski definition) is 0. The summed E-state index contributed by atoms with van der Waals surface area (Å²) in [7, 11) is 1.71. The normalized spacial score (nSPS) is 18.2. The first-order valence-electron chi connectivity index (χ1n) is 7.31. The highest BCUT2D eigenvalue weighted by atomic mass is 16.5. The van der Waals surface area contributed by atoms with Crippen LogP contribution < -0.4 is 9.64 Å². The van der Waals surface area contributed by atoms with Gasteiger partial charge in [-0.3, -0.25) is 0 Å². The zero-order chi connectivity index (χ0) is 13.8. The molecular weight excluding hydrogens is 246 g/mol. The maximum atomic E-state index is 5.24. The number of rotatable bonds is 4. The van der Waals surface area contributed by atoms with Crippen LogP contribution >= 0.6 is 0 Å². The molecule has 0 bridgehead atoms. The van der Waals surface area contributed by atoms with Crippen molar-refractivity contribution in [2.24, 2.45) is 0 Å². The fourth-order valence-electron chi connectivity index (χ4n) is 3.05. The van der Waals surface area contributed by atoms with E-state index in [1.165, 1.54) is 24.1 Å². The molecule has 1 heterocycles. The fraction of sp³-hybridized carbons (Fsp3) is 0.333. The molecule has 20 heavy (non-hydrogen) atoms. The minimum Gasteiger partial charge on any atom is -0.497 e. The predicted octanol–water partition coefficient (Wildman–Crippen LogP) is 3.91. The lowest BCUT2D eigenvalue weighted by atomic mass is 10.0. The topological polar surface area (TPSA) is 12.5 Å². The van der Waals surface area contributed by atoms with Crippen molar-refractivity contribution < 1.29 is 4.74 Å². The van der Waals surface area contributed by atoms with Gasteiger partial charge in [-0.2, -0.15) is 0 Å². The van der Waals surface area contributed by atoms with Gasteiger partial charge in [-0.1, -0.05) is 30.3 Å². The van der Waals surface area contributed by atoms with E-state index < -0.39 is 0 Å². The minimum absolute atomic E-state index is 0.616. The van der Waals surface area contributed by atoms with E-state index in [9.17, 15) is 0 Å². The van der Waals surface area contributed by atoms with Crippen LogP contribution in [0.4, 0.5) is 5.69 Å². The van der Waals surface area contributed by atoms with Gasteiger partial charge in [0.25, 0.3) is 0 Å². The van der Waals surface area contributed by atoms with Crippen LogP contribution in [-0.4, -0.2) is 19.7 Å². The molecule has 0 aliphatic carbocycles. The summed E-state index contributed by atoms with van der Waals surface area (Å²) in [6.07, 6.45) is 3.69. The highest BCUT2D eigenvalue weighted by molar-refractivity contribution is 5.51. The number of nitrogens with zero attached hydrogens (tertiary/aromatic N) is 1. The Bertz CT molecular complexity index is 535. The van der Waals surface area contributed by atoms with E-state index in [1.54, 1.807) is 7.11 Å². The Morgan fingerprint density at radius 1 is 1.05 bits per heavy atom. The molecule has 0 unspecified atom stereocenters. The summed E-state index contributed by atoms with van der Waals surface area (Å²) in [5.41, 5.74) is 2.74. The Labute approximate surface area is 121 Å². The molecule has 2 aromatic rings. The van der Waals surface area contributed by atoms with Crippen molar-refractivity contribution in [3.63, 3.8) is 0 Å². The first-order valence-corrected chi connectivity index (χ1v) is 7.31. The van der Waals surface area contributed by atoms with Crippen LogP contribution in [-0.2, 0) is 6.42 Å². The Hall–Kier alpha value is -1.96. The number of benzene rings is 2. The number of ether oxygens (including phenoxy) is 1. The van der Waals surface area contributed by atoms with E-state index in [2.05, 4.69) is 47.4 Å². The van der Waals surface area contributed by atoms with Crippen LogP contribution in [0.1, 0.15) is 18.4 Å². The van der Waals surface area contributed by atoms with Gasteiger partial charge in [0, 0.05) is 18.3 Å². The molecule has 2 aromatic carbocycles. The predicted molar refractivity (Wildman–Crippen MR) is 83.5 cm³/mol. The van der Waals surface area contributed by atoms with Gasteiger partial charge in [0.05, 0.1) is 7.11 Å². The van der Waals surface area contributed by atoms with E-state index in [0.717, 1.165) is 18.7 Å². The smallest absolute Gasteiger partial charge is 0.119 e. The number of anilines is 1. The van der Waals surface area contributed by atoms with Gasteiger partial charge in [0.1, 0.15) is 5.75 Å². The maximum absolute atomic E-state index is 5.24. The van der Waals surface area contributed by atoms with Gasteiger partial charge in [-0.05, 0) is 49.1 Å². The molecule has 1 atom stereocenters. The van der Waals surface area contributed by atoms with Gasteiger partial charge in [0.2, 0.25) is 0 Å². The van der Waals surface area contributed by atoms with Crippen molar-refractivity contribution in [1.29, 1.82) is 0 Å². The number of hydrogen-bond acceptors (Lipinski definition) is 2. The molecule has 2 nitrogen and oxygen atoms in total. The van der Waals surface area contributed by atoms with Gasteiger partial charge in [-0.25, -0.2) is 0 Å². The zero-order valence-electron chi connectivity index (χ0n) is 12.0. The van der Waals surface area contributed by atoms with Crippen LogP contribution in [0.15, 0.2) is 54.6 Å². The Balaban J connectivity index is 1.74. The summed E-state index contributed by atoms with van der Waals surface area (Å²) in [5, 5.41) is 0. The molecule has 0 amide bonds. The highest BCUT2D eigenvalue weighted by Gasteiger charge is 2.24. The highest BCUT2D eigenvalue weighted by Crippen LogP contribution is 2.29. The van der Waals surface area contributed by atoms with Crippen LogP contribution in [0.5, 0.6) is 5.75 Å². The lowest BCUT2D eigenvalue weighted by Gasteiger charge is -2.27. The van der Waals surface area contributed by atoms with Crippen LogP contribution in [0.2, 0.25) is 0 Å². The molecule has 1 fully saturated rings. The number of methoxy groups -OCH3 is 1. The standard InChI is InChI=1S/C18H21NO/c1-20-18-11-9-16(10-12-18)19-13-5-8-17(19)14-15-6-3-2-4-7-15/h2-4,6-7,9-12,17H,5,8,13-14H2,1H3/t17-/m1/s1. The minimum atomic E-state index is 0.616. The molecule has 0 aromatic heterocycles. The lowest BCUT2D eigenvalue weighted by Crippen LogP contribution is -2.30. The summed E-state index contributed by atoms with van der Waals surface area (Å²) in [6.45, 7) is 1.16. The third-order valence-corrected chi connectivity index (χ3v) is 4.10. The molecule has 1 saturated heterocycles. The Morgan fingerprint density at radius 3 is 2.50 bits per heavy atom. The van der Waals surface area contributed by atoms with E-state index in [4.69, 9.17) is 4.74 Å². The zero-order valence-corrected chi connectivity index (χ0v) is 12.0. The molecule has 1 aliphatic rings. The molecule has 0 spiro atoms. The average Bonchev–Trinajstić information content (AvgIpc) is 2.96. The average molecular weight is 267 g/mol. The van der Waals surface area contributed by atoms with E-state index >= 15 is 0 Å². The lowest BCUT2D eigenvalue weighted by molar-refractivity contribution is 0.415. The van der Waals surface area contributed by atoms with Crippen molar-refractivity contribution >= 4 is 5.69 Å². The third kappa shape index (κ3) is 2.79. The van der Waals surface area contributed by atoms with Gasteiger partial charge >= 0.3 is 0 Å². The monoisotopic (exact) mass is 267 g/mol. The van der Waals surface area contributed by atoms with Crippen LogP contribution in [0.25, 0.3) is 0 Å². The van der Waals surface area contributed by atoms with Gasteiger partial charge in [-0.15, -0.1) is 0 Å². The Morgan fingerprint density at radius 2 is 1.80 bits per heavy atom. The summed E-state index contributed by atoms with van der Waals surface area (Å²) in [5.74, 6) is 0.924. The SMILES string of the molecule is COc1ccc(N2CCC[C@@H]2Cc2ccccc2)cc1. The third-order valence-electron chi connectivity index (χ3n) is 4.10. The molecule has 0 radical (unpaired) electrons. The van der Waals surface area contributed by atoms with Crippen molar-refractivity contribution in [1.82, 2.24) is 0 Å². The van der Waals surface area contributed by atoms with Crippen molar-refractivity contribution in [3.8, 4) is 5.75 Å². The van der Waals surface area contributed by atoms with E-state index in [0.29, 0.717) is 6.04 Å². The van der Waals surface area contributed by atoms with Crippen molar-refractivity contribution in [2.75, 3.05) is 18.6 Å². The van der Waals surface area contributed by atoms with E-state index in [1.807, 2.05) is 12.1 Å².